The number of methoxy groups -OCH3 is 2. The van der Waals surface area contributed by atoms with Gasteiger partial charge in [0.15, 0.2) is 0 Å². The van der Waals surface area contributed by atoms with E-state index in [1.165, 1.54) is 20.3 Å². The summed E-state index contributed by atoms with van der Waals surface area (Å²) in [6, 6.07) is 10.7. The molecule has 0 radical (unpaired) electrons. The maximum Gasteiger partial charge on any atom is 0.134 e. The summed E-state index contributed by atoms with van der Waals surface area (Å²) in [6.45, 7) is 1.89. The number of aromatic hydroxyl groups is 1. The standard InChI is InChI=1S/C16H15NO3/c1-10-5-4-6-11(9-17)15(10)16-13(18)7-12(19-2)8-14(16)20-3/h4-8,18H,1-3H3. The van der Waals surface area contributed by atoms with Crippen LogP contribution in [0.4, 0.5) is 0 Å². The molecular weight excluding hydrogens is 254 g/mol. The Morgan fingerprint density at radius 1 is 1.10 bits per heavy atom. The first kappa shape index (κ1) is 13.8. The van der Waals surface area contributed by atoms with Crippen LogP contribution in [0, 0.1) is 18.3 Å². The number of phenols is 1. The lowest BCUT2D eigenvalue weighted by Gasteiger charge is -2.15. The highest BCUT2D eigenvalue weighted by molar-refractivity contribution is 5.83. The lowest BCUT2D eigenvalue weighted by atomic mass is 9.94. The smallest absolute Gasteiger partial charge is 0.134 e. The molecule has 0 saturated heterocycles. The molecule has 2 aromatic rings. The van der Waals surface area contributed by atoms with E-state index in [4.69, 9.17) is 9.47 Å². The number of hydrogen-bond acceptors (Lipinski definition) is 4. The third-order valence-electron chi connectivity index (χ3n) is 3.15. The molecule has 0 saturated carbocycles. The molecule has 0 aliphatic heterocycles. The summed E-state index contributed by atoms with van der Waals surface area (Å²) >= 11 is 0. The molecule has 0 bridgehead atoms. The van der Waals surface area contributed by atoms with Crippen LogP contribution in [-0.2, 0) is 0 Å². The highest BCUT2D eigenvalue weighted by atomic mass is 16.5. The van der Waals surface area contributed by atoms with Crippen molar-refractivity contribution in [2.75, 3.05) is 14.2 Å². The van der Waals surface area contributed by atoms with Gasteiger partial charge in [-0.2, -0.15) is 5.26 Å². The minimum atomic E-state index is 0.0204. The van der Waals surface area contributed by atoms with Gasteiger partial charge in [0.1, 0.15) is 17.2 Å². The Morgan fingerprint density at radius 2 is 1.85 bits per heavy atom. The molecule has 4 nitrogen and oxygen atoms in total. The summed E-state index contributed by atoms with van der Waals surface area (Å²) in [7, 11) is 3.03. The monoisotopic (exact) mass is 269 g/mol. The zero-order valence-corrected chi connectivity index (χ0v) is 11.6. The van der Waals surface area contributed by atoms with Crippen molar-refractivity contribution < 1.29 is 14.6 Å². The largest absolute Gasteiger partial charge is 0.507 e. The van der Waals surface area contributed by atoms with Crippen LogP contribution in [0.1, 0.15) is 11.1 Å². The molecule has 4 heteroatoms. The molecule has 0 amide bonds. The number of hydrogen-bond donors (Lipinski definition) is 1. The molecule has 0 spiro atoms. The van der Waals surface area contributed by atoms with Gasteiger partial charge >= 0.3 is 0 Å². The molecule has 102 valence electrons. The van der Waals surface area contributed by atoms with Crippen molar-refractivity contribution in [1.82, 2.24) is 0 Å². The van der Waals surface area contributed by atoms with E-state index < -0.39 is 0 Å². The average molecular weight is 269 g/mol. The molecule has 2 rings (SSSR count). The minimum Gasteiger partial charge on any atom is -0.507 e. The van der Waals surface area contributed by atoms with E-state index in [2.05, 4.69) is 6.07 Å². The minimum absolute atomic E-state index is 0.0204. The second-order valence-corrected chi connectivity index (χ2v) is 4.33. The van der Waals surface area contributed by atoms with E-state index in [-0.39, 0.29) is 5.75 Å². The molecule has 0 atom stereocenters. The normalized spacial score (nSPS) is 9.90. The van der Waals surface area contributed by atoms with E-state index in [0.29, 0.717) is 28.2 Å². The number of ether oxygens (including phenoxy) is 2. The van der Waals surface area contributed by atoms with Crippen LogP contribution in [-0.4, -0.2) is 19.3 Å². The first-order valence-corrected chi connectivity index (χ1v) is 6.07. The van der Waals surface area contributed by atoms with Gasteiger partial charge in [-0.1, -0.05) is 12.1 Å². The number of aryl methyl sites for hydroxylation is 1. The molecule has 0 aromatic heterocycles. The quantitative estimate of drug-likeness (QED) is 0.929. The summed E-state index contributed by atoms with van der Waals surface area (Å²) in [5.74, 6) is 0.981. The van der Waals surface area contributed by atoms with Gasteiger partial charge in [-0.25, -0.2) is 0 Å². The Kier molecular flexibility index (Phi) is 3.81. The van der Waals surface area contributed by atoms with Crippen molar-refractivity contribution in [3.63, 3.8) is 0 Å². The first-order valence-electron chi connectivity index (χ1n) is 6.07. The zero-order valence-electron chi connectivity index (χ0n) is 11.6. The van der Waals surface area contributed by atoms with E-state index in [9.17, 15) is 10.4 Å². The topological polar surface area (TPSA) is 62.5 Å². The zero-order chi connectivity index (χ0) is 14.7. The van der Waals surface area contributed by atoms with Gasteiger partial charge in [0.05, 0.1) is 31.4 Å². The highest BCUT2D eigenvalue weighted by Gasteiger charge is 2.18. The van der Waals surface area contributed by atoms with Crippen LogP contribution in [0.2, 0.25) is 0 Å². The molecule has 0 fully saturated rings. The second-order valence-electron chi connectivity index (χ2n) is 4.33. The lowest BCUT2D eigenvalue weighted by Crippen LogP contribution is -1.95. The molecule has 0 aliphatic rings. The van der Waals surface area contributed by atoms with Gasteiger partial charge in [-0.15, -0.1) is 0 Å². The predicted molar refractivity (Wildman–Crippen MR) is 76.1 cm³/mol. The van der Waals surface area contributed by atoms with Gasteiger partial charge in [-0.05, 0) is 18.6 Å². The summed E-state index contributed by atoms with van der Waals surface area (Å²) in [5.41, 5.74) is 2.56. The predicted octanol–water partition coefficient (Wildman–Crippen LogP) is 3.26. The Morgan fingerprint density at radius 3 is 2.45 bits per heavy atom. The summed E-state index contributed by atoms with van der Waals surface area (Å²) in [5, 5.41) is 19.5. The fraction of sp³-hybridized carbons (Fsp3) is 0.188. The highest BCUT2D eigenvalue weighted by Crippen LogP contribution is 2.43. The third-order valence-corrected chi connectivity index (χ3v) is 3.15. The molecular formula is C16H15NO3. The Bertz CT molecular complexity index is 687. The van der Waals surface area contributed by atoms with Gasteiger partial charge in [0, 0.05) is 17.7 Å². The lowest BCUT2D eigenvalue weighted by molar-refractivity contribution is 0.386. The SMILES string of the molecule is COc1cc(O)c(-c2c(C)cccc2C#N)c(OC)c1. The number of benzene rings is 2. The van der Waals surface area contributed by atoms with Crippen LogP contribution in [0.15, 0.2) is 30.3 Å². The second kappa shape index (κ2) is 5.54. The maximum atomic E-state index is 10.3. The number of rotatable bonds is 3. The van der Waals surface area contributed by atoms with Crippen LogP contribution in [0.25, 0.3) is 11.1 Å². The van der Waals surface area contributed by atoms with Gasteiger partial charge in [0.2, 0.25) is 0 Å². The summed E-state index contributed by atoms with van der Waals surface area (Å²) in [6.07, 6.45) is 0. The van der Waals surface area contributed by atoms with E-state index >= 15 is 0 Å². The molecule has 20 heavy (non-hydrogen) atoms. The van der Waals surface area contributed by atoms with E-state index in [1.807, 2.05) is 19.1 Å². The van der Waals surface area contributed by atoms with Crippen molar-refractivity contribution >= 4 is 0 Å². The molecule has 2 aromatic carbocycles. The summed E-state index contributed by atoms with van der Waals surface area (Å²) < 4.78 is 10.4. The molecule has 0 aliphatic carbocycles. The number of nitrogens with zero attached hydrogens (tertiary/aromatic N) is 1. The van der Waals surface area contributed by atoms with Crippen molar-refractivity contribution in [2.24, 2.45) is 0 Å². The number of phenolic OH excluding ortho intramolecular Hbond substituents is 1. The molecule has 1 N–H and O–H groups in total. The van der Waals surface area contributed by atoms with E-state index in [1.54, 1.807) is 12.1 Å². The average Bonchev–Trinajstić information content (AvgIpc) is 2.46. The van der Waals surface area contributed by atoms with Gasteiger partial charge < -0.3 is 14.6 Å². The summed E-state index contributed by atoms with van der Waals surface area (Å²) in [4.78, 5) is 0. The Balaban J connectivity index is 2.80. The van der Waals surface area contributed by atoms with Crippen molar-refractivity contribution in [1.29, 1.82) is 5.26 Å². The fourth-order valence-corrected chi connectivity index (χ4v) is 2.20. The van der Waals surface area contributed by atoms with Crippen LogP contribution in [0.3, 0.4) is 0 Å². The van der Waals surface area contributed by atoms with Crippen LogP contribution < -0.4 is 9.47 Å². The van der Waals surface area contributed by atoms with Crippen molar-refractivity contribution in [2.45, 2.75) is 6.92 Å². The molecule has 0 unspecified atom stereocenters. The van der Waals surface area contributed by atoms with Gasteiger partial charge in [-0.3, -0.25) is 0 Å². The van der Waals surface area contributed by atoms with Crippen LogP contribution >= 0.6 is 0 Å². The first-order chi connectivity index (χ1) is 9.62. The Hall–Kier alpha value is -2.67. The number of nitriles is 1. The van der Waals surface area contributed by atoms with Gasteiger partial charge in [0.25, 0.3) is 0 Å². The fourth-order valence-electron chi connectivity index (χ4n) is 2.20. The van der Waals surface area contributed by atoms with Crippen molar-refractivity contribution in [3.05, 3.63) is 41.5 Å². The van der Waals surface area contributed by atoms with E-state index in [0.717, 1.165) is 5.56 Å². The van der Waals surface area contributed by atoms with Crippen molar-refractivity contribution in [3.8, 4) is 34.4 Å². The van der Waals surface area contributed by atoms with Crippen LogP contribution in [0.5, 0.6) is 17.2 Å². The third kappa shape index (κ3) is 2.26. The maximum absolute atomic E-state index is 10.3. The molecule has 0 heterocycles. The Labute approximate surface area is 117 Å².